The van der Waals surface area contributed by atoms with Crippen LogP contribution in [-0.2, 0) is 11.8 Å². The van der Waals surface area contributed by atoms with E-state index in [4.69, 9.17) is 4.74 Å². The number of aromatic nitrogens is 2. The second-order valence-electron chi connectivity index (χ2n) is 2.81. The van der Waals surface area contributed by atoms with Gasteiger partial charge in [-0.15, -0.1) is 0 Å². The van der Waals surface area contributed by atoms with Crippen molar-refractivity contribution in [3.8, 4) is 0 Å². The molecule has 0 amide bonds. The maximum Gasteiger partial charge on any atom is 0.357 e. The highest BCUT2D eigenvalue weighted by Crippen LogP contribution is 2.09. The average molecular weight is 196 g/mol. The number of Topliss-reactive ketones (excluding diaryl/α,β-unsaturated/α-hetero) is 1. The number of hydrogen-bond donors (Lipinski definition) is 0. The van der Waals surface area contributed by atoms with Gasteiger partial charge in [0.15, 0.2) is 11.5 Å². The van der Waals surface area contributed by atoms with E-state index in [0.29, 0.717) is 5.56 Å². The predicted octanol–water partition coefficient (Wildman–Crippen LogP) is 0.799. The van der Waals surface area contributed by atoms with Crippen LogP contribution in [0, 0.1) is 0 Å². The SMILES string of the molecule is CCOC(=O)c1c(C(C)=O)cnn1C. The van der Waals surface area contributed by atoms with Crippen molar-refractivity contribution in [3.05, 3.63) is 17.5 Å². The Balaban J connectivity index is 3.11. The molecule has 0 radical (unpaired) electrons. The van der Waals surface area contributed by atoms with Crippen LogP contribution in [0.1, 0.15) is 34.7 Å². The fourth-order valence-electron chi connectivity index (χ4n) is 1.14. The molecule has 0 saturated carbocycles. The number of ether oxygens (including phenoxy) is 1. The summed E-state index contributed by atoms with van der Waals surface area (Å²) in [6.45, 7) is 3.38. The second-order valence-corrected chi connectivity index (χ2v) is 2.81. The van der Waals surface area contributed by atoms with E-state index >= 15 is 0 Å². The molecule has 0 aliphatic heterocycles. The maximum absolute atomic E-state index is 11.4. The van der Waals surface area contributed by atoms with Crippen LogP contribution in [0.15, 0.2) is 6.20 Å². The van der Waals surface area contributed by atoms with E-state index in [1.54, 1.807) is 14.0 Å². The normalized spacial score (nSPS) is 9.93. The van der Waals surface area contributed by atoms with Gasteiger partial charge in [-0.2, -0.15) is 5.10 Å². The summed E-state index contributed by atoms with van der Waals surface area (Å²) in [5.41, 5.74) is 0.505. The van der Waals surface area contributed by atoms with E-state index < -0.39 is 5.97 Å². The van der Waals surface area contributed by atoms with Crippen LogP contribution in [0.3, 0.4) is 0 Å². The molecule has 1 rings (SSSR count). The number of esters is 1. The first-order chi connectivity index (χ1) is 6.57. The second kappa shape index (κ2) is 4.04. The lowest BCUT2D eigenvalue weighted by atomic mass is 10.2. The highest BCUT2D eigenvalue weighted by molar-refractivity contribution is 6.04. The van der Waals surface area contributed by atoms with Gasteiger partial charge in [0.1, 0.15) is 0 Å². The van der Waals surface area contributed by atoms with Crippen LogP contribution in [0.25, 0.3) is 0 Å². The fourth-order valence-corrected chi connectivity index (χ4v) is 1.14. The molecule has 14 heavy (non-hydrogen) atoms. The molecule has 0 spiro atoms. The number of carbonyl (C=O) groups is 2. The van der Waals surface area contributed by atoms with Crippen molar-refractivity contribution in [1.29, 1.82) is 0 Å². The lowest BCUT2D eigenvalue weighted by molar-refractivity contribution is 0.0510. The highest BCUT2D eigenvalue weighted by atomic mass is 16.5. The first-order valence-electron chi connectivity index (χ1n) is 4.28. The van der Waals surface area contributed by atoms with Gasteiger partial charge in [-0.3, -0.25) is 9.48 Å². The molecule has 0 aromatic carbocycles. The van der Waals surface area contributed by atoms with Gasteiger partial charge < -0.3 is 4.74 Å². The zero-order chi connectivity index (χ0) is 10.7. The van der Waals surface area contributed by atoms with Crippen LogP contribution < -0.4 is 0 Å². The van der Waals surface area contributed by atoms with Crippen molar-refractivity contribution in [2.75, 3.05) is 6.61 Å². The van der Waals surface area contributed by atoms with Gasteiger partial charge in [0.2, 0.25) is 0 Å². The number of aryl methyl sites for hydroxylation is 1. The Labute approximate surface area is 81.7 Å². The number of ketones is 1. The minimum Gasteiger partial charge on any atom is -0.461 e. The van der Waals surface area contributed by atoms with Crippen LogP contribution in [0.2, 0.25) is 0 Å². The van der Waals surface area contributed by atoms with Gasteiger partial charge in [-0.05, 0) is 13.8 Å². The summed E-state index contributed by atoms with van der Waals surface area (Å²) in [6, 6.07) is 0. The van der Waals surface area contributed by atoms with Gasteiger partial charge in [0.05, 0.1) is 18.4 Å². The lowest BCUT2D eigenvalue weighted by Gasteiger charge is -2.03. The molecule has 0 saturated heterocycles. The van der Waals surface area contributed by atoms with E-state index in [2.05, 4.69) is 5.10 Å². The Bertz CT molecular complexity index is 368. The van der Waals surface area contributed by atoms with Gasteiger partial charge in [-0.25, -0.2) is 4.79 Å². The zero-order valence-electron chi connectivity index (χ0n) is 8.40. The third-order valence-corrected chi connectivity index (χ3v) is 1.79. The molecule has 0 fully saturated rings. The summed E-state index contributed by atoms with van der Waals surface area (Å²) in [5.74, 6) is -0.709. The predicted molar refractivity (Wildman–Crippen MR) is 49.2 cm³/mol. The molecule has 0 bridgehead atoms. The van der Waals surface area contributed by atoms with Crippen molar-refractivity contribution in [1.82, 2.24) is 9.78 Å². The molecule has 1 aromatic rings. The first-order valence-corrected chi connectivity index (χ1v) is 4.28. The average Bonchev–Trinajstić information content (AvgIpc) is 2.47. The van der Waals surface area contributed by atoms with E-state index in [-0.39, 0.29) is 18.1 Å². The summed E-state index contributed by atoms with van der Waals surface area (Å²) in [7, 11) is 1.60. The topological polar surface area (TPSA) is 61.2 Å². The van der Waals surface area contributed by atoms with E-state index in [1.165, 1.54) is 17.8 Å². The summed E-state index contributed by atoms with van der Waals surface area (Å²) >= 11 is 0. The Morgan fingerprint density at radius 2 is 2.21 bits per heavy atom. The van der Waals surface area contributed by atoms with E-state index in [1.807, 2.05) is 0 Å². The molecule has 5 nitrogen and oxygen atoms in total. The monoisotopic (exact) mass is 196 g/mol. The number of hydrogen-bond acceptors (Lipinski definition) is 4. The quantitative estimate of drug-likeness (QED) is 0.530. The lowest BCUT2D eigenvalue weighted by Crippen LogP contribution is -2.14. The van der Waals surface area contributed by atoms with Crippen LogP contribution in [-0.4, -0.2) is 28.1 Å². The molecule has 1 aromatic heterocycles. The summed E-state index contributed by atoms with van der Waals surface area (Å²) < 4.78 is 6.15. The van der Waals surface area contributed by atoms with Crippen molar-refractivity contribution in [2.24, 2.45) is 7.05 Å². The van der Waals surface area contributed by atoms with Crippen molar-refractivity contribution in [3.63, 3.8) is 0 Å². The molecule has 0 N–H and O–H groups in total. The molecule has 5 heteroatoms. The standard InChI is InChI=1S/C9H12N2O3/c1-4-14-9(13)8-7(6(2)12)5-10-11(8)3/h5H,4H2,1-3H3. The number of carbonyl (C=O) groups excluding carboxylic acids is 2. The van der Waals surface area contributed by atoms with Gasteiger partial charge >= 0.3 is 5.97 Å². The van der Waals surface area contributed by atoms with Gasteiger partial charge in [0.25, 0.3) is 0 Å². The zero-order valence-corrected chi connectivity index (χ0v) is 8.40. The van der Waals surface area contributed by atoms with Crippen molar-refractivity contribution < 1.29 is 14.3 Å². The Morgan fingerprint density at radius 3 is 2.71 bits per heavy atom. The van der Waals surface area contributed by atoms with Crippen molar-refractivity contribution >= 4 is 11.8 Å². The minimum absolute atomic E-state index is 0.193. The summed E-state index contributed by atoms with van der Waals surface area (Å²) in [4.78, 5) is 22.5. The summed E-state index contributed by atoms with van der Waals surface area (Å²) in [6.07, 6.45) is 1.37. The largest absolute Gasteiger partial charge is 0.461 e. The minimum atomic E-state index is -0.516. The molecule has 0 aliphatic rings. The Morgan fingerprint density at radius 1 is 1.57 bits per heavy atom. The van der Waals surface area contributed by atoms with E-state index in [9.17, 15) is 9.59 Å². The smallest absolute Gasteiger partial charge is 0.357 e. The Hall–Kier alpha value is -1.65. The summed E-state index contributed by atoms with van der Waals surface area (Å²) in [5, 5.41) is 3.84. The van der Waals surface area contributed by atoms with Crippen LogP contribution in [0.4, 0.5) is 0 Å². The van der Waals surface area contributed by atoms with Crippen molar-refractivity contribution in [2.45, 2.75) is 13.8 Å². The molecular formula is C9H12N2O3. The van der Waals surface area contributed by atoms with E-state index in [0.717, 1.165) is 0 Å². The number of nitrogens with zero attached hydrogens (tertiary/aromatic N) is 2. The van der Waals surface area contributed by atoms with Gasteiger partial charge in [-0.1, -0.05) is 0 Å². The molecule has 0 atom stereocenters. The third-order valence-electron chi connectivity index (χ3n) is 1.79. The first kappa shape index (κ1) is 10.4. The third kappa shape index (κ3) is 1.81. The number of rotatable bonds is 3. The molecule has 0 unspecified atom stereocenters. The highest BCUT2D eigenvalue weighted by Gasteiger charge is 2.20. The van der Waals surface area contributed by atoms with Gasteiger partial charge in [0, 0.05) is 7.05 Å². The fraction of sp³-hybridized carbons (Fsp3) is 0.444. The molecule has 1 heterocycles. The van der Waals surface area contributed by atoms with Crippen LogP contribution >= 0.6 is 0 Å². The Kier molecular flexibility index (Phi) is 3.01. The van der Waals surface area contributed by atoms with Crippen LogP contribution in [0.5, 0.6) is 0 Å². The molecule has 76 valence electrons. The maximum atomic E-state index is 11.4. The molecule has 0 aliphatic carbocycles. The molecular weight excluding hydrogens is 184 g/mol.